The lowest BCUT2D eigenvalue weighted by molar-refractivity contribution is -0.0819. The Morgan fingerprint density at radius 2 is 2.21 bits per heavy atom. The summed E-state index contributed by atoms with van der Waals surface area (Å²) in [4.78, 5) is 2.29. The lowest BCUT2D eigenvalue weighted by Crippen LogP contribution is -2.53. The lowest BCUT2D eigenvalue weighted by atomic mass is 9.74. The van der Waals surface area contributed by atoms with E-state index in [9.17, 15) is 10.2 Å². The molecule has 2 aliphatic heterocycles. The van der Waals surface area contributed by atoms with Gasteiger partial charge in [0.1, 0.15) is 0 Å². The van der Waals surface area contributed by atoms with Crippen molar-refractivity contribution in [3.05, 3.63) is 17.7 Å². The Bertz CT molecular complexity index is 579. The van der Waals surface area contributed by atoms with Crippen molar-refractivity contribution in [1.82, 2.24) is 4.90 Å². The van der Waals surface area contributed by atoms with Gasteiger partial charge in [0.2, 0.25) is 12.5 Å². The summed E-state index contributed by atoms with van der Waals surface area (Å²) in [5.41, 5.74) is 0.656. The zero-order valence-corrected chi connectivity index (χ0v) is 14.5. The van der Waals surface area contributed by atoms with Crippen molar-refractivity contribution < 1.29 is 24.4 Å². The standard InChI is InChI=1S/C18H27NO5/c1-3-5-18(11-20)10-19(6-4-16(18)21)9-13-7-14(22-2)17-15(8-13)23-12-24-17/h7-8,16,20-21H,3-6,9-12H2,1-2H3/t16-,18+/m1/s1. The normalized spacial score (nSPS) is 26.6. The second-order valence-corrected chi connectivity index (χ2v) is 6.82. The molecule has 1 fully saturated rings. The predicted octanol–water partition coefficient (Wildman–Crippen LogP) is 1.77. The van der Waals surface area contributed by atoms with Gasteiger partial charge < -0.3 is 24.4 Å². The summed E-state index contributed by atoms with van der Waals surface area (Å²) in [6, 6.07) is 3.95. The molecule has 0 bridgehead atoms. The van der Waals surface area contributed by atoms with Crippen LogP contribution in [0.4, 0.5) is 0 Å². The monoisotopic (exact) mass is 337 g/mol. The van der Waals surface area contributed by atoms with Gasteiger partial charge in [0.25, 0.3) is 0 Å². The number of rotatable bonds is 6. The quantitative estimate of drug-likeness (QED) is 0.824. The summed E-state index contributed by atoms with van der Waals surface area (Å²) in [7, 11) is 1.62. The molecule has 2 atom stereocenters. The number of piperidine rings is 1. The number of ether oxygens (including phenoxy) is 3. The Kier molecular flexibility index (Phi) is 5.18. The molecule has 2 heterocycles. The number of fused-ring (bicyclic) bond motifs is 1. The number of nitrogens with zero attached hydrogens (tertiary/aromatic N) is 1. The molecule has 0 amide bonds. The Morgan fingerprint density at radius 3 is 2.92 bits per heavy atom. The Hall–Kier alpha value is -1.50. The molecule has 0 aliphatic carbocycles. The van der Waals surface area contributed by atoms with Crippen LogP contribution in [0.3, 0.4) is 0 Å². The van der Waals surface area contributed by atoms with E-state index in [1.165, 1.54) is 0 Å². The number of aliphatic hydroxyl groups excluding tert-OH is 2. The first-order chi connectivity index (χ1) is 11.6. The number of hydrogen-bond donors (Lipinski definition) is 2. The fourth-order valence-electron chi connectivity index (χ4n) is 3.89. The largest absolute Gasteiger partial charge is 0.493 e. The van der Waals surface area contributed by atoms with Crippen LogP contribution in [0.15, 0.2) is 12.1 Å². The summed E-state index contributed by atoms with van der Waals surface area (Å²) in [6.45, 7) is 4.55. The van der Waals surface area contributed by atoms with E-state index in [0.717, 1.165) is 31.5 Å². The van der Waals surface area contributed by atoms with Gasteiger partial charge in [0.15, 0.2) is 11.5 Å². The van der Waals surface area contributed by atoms with E-state index in [0.29, 0.717) is 30.2 Å². The summed E-state index contributed by atoms with van der Waals surface area (Å²) >= 11 is 0. The van der Waals surface area contributed by atoms with Gasteiger partial charge in [0, 0.05) is 25.0 Å². The summed E-state index contributed by atoms with van der Waals surface area (Å²) in [5, 5.41) is 20.3. The molecule has 0 unspecified atom stereocenters. The molecule has 0 radical (unpaired) electrons. The highest BCUT2D eigenvalue weighted by Crippen LogP contribution is 2.42. The molecular formula is C18H27NO5. The maximum absolute atomic E-state index is 10.4. The van der Waals surface area contributed by atoms with Gasteiger partial charge in [0.05, 0.1) is 19.8 Å². The third-order valence-electron chi connectivity index (χ3n) is 5.15. The molecule has 6 nitrogen and oxygen atoms in total. The molecule has 3 rings (SSSR count). The number of hydrogen-bond acceptors (Lipinski definition) is 6. The Balaban J connectivity index is 1.76. The molecule has 24 heavy (non-hydrogen) atoms. The number of benzene rings is 1. The summed E-state index contributed by atoms with van der Waals surface area (Å²) in [6.07, 6.45) is 2.02. The minimum atomic E-state index is -0.440. The van der Waals surface area contributed by atoms with Crippen molar-refractivity contribution >= 4 is 0 Å². The molecule has 0 spiro atoms. The molecule has 1 saturated heterocycles. The highest BCUT2D eigenvalue weighted by molar-refractivity contribution is 5.55. The fourth-order valence-corrected chi connectivity index (χ4v) is 3.89. The topological polar surface area (TPSA) is 71.4 Å². The molecule has 2 aliphatic rings. The minimum absolute atomic E-state index is 0.0168. The van der Waals surface area contributed by atoms with Crippen LogP contribution in [0.1, 0.15) is 31.7 Å². The highest BCUT2D eigenvalue weighted by atomic mass is 16.7. The third kappa shape index (κ3) is 3.18. The van der Waals surface area contributed by atoms with Crippen LogP contribution in [0, 0.1) is 5.41 Å². The zero-order valence-electron chi connectivity index (χ0n) is 14.5. The van der Waals surface area contributed by atoms with E-state index in [1.807, 2.05) is 12.1 Å². The van der Waals surface area contributed by atoms with E-state index < -0.39 is 11.5 Å². The van der Waals surface area contributed by atoms with Gasteiger partial charge in [-0.1, -0.05) is 13.3 Å². The SMILES string of the molecule is CCC[C@@]1(CO)CN(Cc2cc(OC)c3c(c2)OCO3)CC[C@H]1O. The number of likely N-dealkylation sites (tertiary alicyclic amines) is 1. The average Bonchev–Trinajstić information content (AvgIpc) is 3.06. The second kappa shape index (κ2) is 7.17. The first kappa shape index (κ1) is 17.3. The number of aliphatic hydroxyl groups is 2. The van der Waals surface area contributed by atoms with E-state index >= 15 is 0 Å². The van der Waals surface area contributed by atoms with Crippen molar-refractivity contribution in [3.63, 3.8) is 0 Å². The average molecular weight is 337 g/mol. The molecule has 0 saturated carbocycles. The Labute approximate surface area is 142 Å². The maximum Gasteiger partial charge on any atom is 0.231 e. The van der Waals surface area contributed by atoms with Crippen molar-refractivity contribution in [2.45, 2.75) is 38.8 Å². The van der Waals surface area contributed by atoms with Crippen LogP contribution in [0.2, 0.25) is 0 Å². The summed E-state index contributed by atoms with van der Waals surface area (Å²) < 4.78 is 16.3. The van der Waals surface area contributed by atoms with E-state index in [-0.39, 0.29) is 13.4 Å². The predicted molar refractivity (Wildman–Crippen MR) is 89.4 cm³/mol. The minimum Gasteiger partial charge on any atom is -0.493 e. The highest BCUT2D eigenvalue weighted by Gasteiger charge is 2.41. The van der Waals surface area contributed by atoms with Crippen LogP contribution in [0.25, 0.3) is 0 Å². The molecule has 0 aromatic heterocycles. The second-order valence-electron chi connectivity index (χ2n) is 6.82. The van der Waals surface area contributed by atoms with Gasteiger partial charge in [-0.25, -0.2) is 0 Å². The molecule has 134 valence electrons. The summed E-state index contributed by atoms with van der Waals surface area (Å²) in [5.74, 6) is 2.05. The zero-order chi connectivity index (χ0) is 17.2. The molecule has 1 aromatic rings. The molecule has 1 aromatic carbocycles. The third-order valence-corrected chi connectivity index (χ3v) is 5.15. The maximum atomic E-state index is 10.4. The van der Waals surface area contributed by atoms with Crippen molar-refractivity contribution in [3.8, 4) is 17.2 Å². The molecular weight excluding hydrogens is 310 g/mol. The van der Waals surface area contributed by atoms with Gasteiger partial charge >= 0.3 is 0 Å². The van der Waals surface area contributed by atoms with Gasteiger partial charge in [-0.05, 0) is 30.5 Å². The number of methoxy groups -OCH3 is 1. The Morgan fingerprint density at radius 1 is 1.38 bits per heavy atom. The van der Waals surface area contributed by atoms with Crippen LogP contribution < -0.4 is 14.2 Å². The van der Waals surface area contributed by atoms with Crippen molar-refractivity contribution in [1.29, 1.82) is 0 Å². The first-order valence-corrected chi connectivity index (χ1v) is 8.59. The van der Waals surface area contributed by atoms with Gasteiger partial charge in [-0.3, -0.25) is 4.90 Å². The van der Waals surface area contributed by atoms with Crippen molar-refractivity contribution in [2.24, 2.45) is 5.41 Å². The van der Waals surface area contributed by atoms with Crippen LogP contribution >= 0.6 is 0 Å². The van der Waals surface area contributed by atoms with Gasteiger partial charge in [-0.15, -0.1) is 0 Å². The molecule has 6 heteroatoms. The van der Waals surface area contributed by atoms with E-state index in [4.69, 9.17) is 14.2 Å². The smallest absolute Gasteiger partial charge is 0.231 e. The van der Waals surface area contributed by atoms with E-state index in [1.54, 1.807) is 7.11 Å². The van der Waals surface area contributed by atoms with Crippen LogP contribution in [-0.4, -0.2) is 54.8 Å². The molecule has 2 N–H and O–H groups in total. The lowest BCUT2D eigenvalue weighted by Gasteiger charge is -2.45. The van der Waals surface area contributed by atoms with Crippen molar-refractivity contribution in [2.75, 3.05) is 33.6 Å². The van der Waals surface area contributed by atoms with Crippen LogP contribution in [-0.2, 0) is 6.54 Å². The van der Waals surface area contributed by atoms with Gasteiger partial charge in [-0.2, -0.15) is 0 Å². The first-order valence-electron chi connectivity index (χ1n) is 8.59. The fraction of sp³-hybridized carbons (Fsp3) is 0.667. The van der Waals surface area contributed by atoms with E-state index in [2.05, 4.69) is 11.8 Å². The van der Waals surface area contributed by atoms with Crippen LogP contribution in [0.5, 0.6) is 17.2 Å².